The molecule has 1 heterocycles. The molecule has 0 spiro atoms. The van der Waals surface area contributed by atoms with Gasteiger partial charge in [0.25, 0.3) is 0 Å². The number of hydrogen-bond donors (Lipinski definition) is 0. The second-order valence-electron chi connectivity index (χ2n) is 5.79. The maximum atomic E-state index is 4.87. The van der Waals surface area contributed by atoms with Gasteiger partial charge in [0.1, 0.15) is 0 Å². The Hall–Kier alpha value is -0.920. The van der Waals surface area contributed by atoms with Crippen LogP contribution in [0, 0.1) is 0 Å². The SMILES string of the molecule is CCC(C)(C)c1cncc(C(C)(CC)CC)n1. The molecule has 0 bridgehead atoms. The predicted molar refractivity (Wildman–Crippen MR) is 73.3 cm³/mol. The zero-order valence-corrected chi connectivity index (χ0v) is 12.2. The highest BCUT2D eigenvalue weighted by Crippen LogP contribution is 2.31. The summed E-state index contributed by atoms with van der Waals surface area (Å²) in [5.41, 5.74) is 2.53. The molecule has 0 atom stereocenters. The lowest BCUT2D eigenvalue weighted by atomic mass is 9.80. The molecule has 2 heteroatoms. The fourth-order valence-corrected chi connectivity index (χ4v) is 1.78. The van der Waals surface area contributed by atoms with Crippen LogP contribution in [0.1, 0.15) is 72.2 Å². The number of rotatable bonds is 5. The summed E-state index contributed by atoms with van der Waals surface area (Å²) in [6.07, 6.45) is 7.14. The highest BCUT2D eigenvalue weighted by atomic mass is 14.8. The second kappa shape index (κ2) is 5.16. The van der Waals surface area contributed by atoms with Crippen molar-refractivity contribution >= 4 is 0 Å². The zero-order valence-electron chi connectivity index (χ0n) is 12.2. The molecule has 0 aliphatic rings. The van der Waals surface area contributed by atoms with E-state index in [1.807, 2.05) is 12.4 Å². The van der Waals surface area contributed by atoms with Crippen molar-refractivity contribution < 1.29 is 0 Å². The zero-order chi connectivity index (χ0) is 13.1. The largest absolute Gasteiger partial charge is 0.261 e. The standard InChI is InChI=1S/C15H26N2/c1-7-14(4,5)12-10-16-11-13(17-12)15(6,8-2)9-3/h10-11H,7-9H2,1-6H3. The highest BCUT2D eigenvalue weighted by Gasteiger charge is 2.27. The molecule has 0 unspecified atom stereocenters. The van der Waals surface area contributed by atoms with E-state index in [-0.39, 0.29) is 10.8 Å². The van der Waals surface area contributed by atoms with Crippen molar-refractivity contribution in [1.82, 2.24) is 9.97 Å². The normalized spacial score (nSPS) is 12.8. The van der Waals surface area contributed by atoms with E-state index >= 15 is 0 Å². The van der Waals surface area contributed by atoms with Crippen molar-refractivity contribution in [2.24, 2.45) is 0 Å². The summed E-state index contributed by atoms with van der Waals surface area (Å²) >= 11 is 0. The summed E-state index contributed by atoms with van der Waals surface area (Å²) in [6.45, 7) is 13.4. The second-order valence-corrected chi connectivity index (χ2v) is 5.79. The van der Waals surface area contributed by atoms with Crippen molar-refractivity contribution in [1.29, 1.82) is 0 Å². The van der Waals surface area contributed by atoms with Crippen LogP contribution in [0.2, 0.25) is 0 Å². The van der Waals surface area contributed by atoms with Gasteiger partial charge in [-0.25, -0.2) is 0 Å². The number of aromatic nitrogens is 2. The molecule has 17 heavy (non-hydrogen) atoms. The summed E-state index contributed by atoms with van der Waals surface area (Å²) in [5.74, 6) is 0. The minimum atomic E-state index is 0.116. The van der Waals surface area contributed by atoms with Crippen LogP contribution in [0.15, 0.2) is 12.4 Å². The summed E-state index contributed by atoms with van der Waals surface area (Å²) < 4.78 is 0. The van der Waals surface area contributed by atoms with Crippen molar-refractivity contribution in [3.8, 4) is 0 Å². The van der Waals surface area contributed by atoms with Crippen LogP contribution in [0.3, 0.4) is 0 Å². The van der Waals surface area contributed by atoms with Gasteiger partial charge in [0, 0.05) is 23.2 Å². The molecule has 1 aromatic heterocycles. The Morgan fingerprint density at radius 1 is 0.882 bits per heavy atom. The minimum Gasteiger partial charge on any atom is -0.261 e. The van der Waals surface area contributed by atoms with Gasteiger partial charge in [0.05, 0.1) is 11.4 Å². The lowest BCUT2D eigenvalue weighted by Crippen LogP contribution is -2.25. The monoisotopic (exact) mass is 234 g/mol. The van der Waals surface area contributed by atoms with E-state index in [2.05, 4.69) is 46.5 Å². The molecule has 96 valence electrons. The van der Waals surface area contributed by atoms with Gasteiger partial charge in [0.2, 0.25) is 0 Å². The Labute approximate surface area is 106 Å². The molecule has 0 N–H and O–H groups in total. The molecule has 2 nitrogen and oxygen atoms in total. The Bertz CT molecular complexity index is 365. The molecular weight excluding hydrogens is 208 g/mol. The number of nitrogens with zero attached hydrogens (tertiary/aromatic N) is 2. The Morgan fingerprint density at radius 3 is 1.88 bits per heavy atom. The average molecular weight is 234 g/mol. The van der Waals surface area contributed by atoms with E-state index in [9.17, 15) is 0 Å². The summed E-state index contributed by atoms with van der Waals surface area (Å²) in [4.78, 5) is 9.26. The van der Waals surface area contributed by atoms with Crippen LogP contribution in [0.4, 0.5) is 0 Å². The van der Waals surface area contributed by atoms with Crippen molar-refractivity contribution in [2.45, 2.75) is 71.6 Å². The molecule has 0 radical (unpaired) electrons. The van der Waals surface area contributed by atoms with E-state index in [1.54, 1.807) is 0 Å². The third-order valence-electron chi connectivity index (χ3n) is 4.39. The molecular formula is C15H26N2. The molecule has 1 aromatic rings. The van der Waals surface area contributed by atoms with Crippen molar-refractivity contribution in [3.63, 3.8) is 0 Å². The van der Waals surface area contributed by atoms with Gasteiger partial charge in [0.15, 0.2) is 0 Å². The third-order valence-corrected chi connectivity index (χ3v) is 4.39. The smallest absolute Gasteiger partial charge is 0.0648 e. The number of hydrogen-bond acceptors (Lipinski definition) is 2. The summed E-state index contributed by atoms with van der Waals surface area (Å²) in [7, 11) is 0. The Kier molecular flexibility index (Phi) is 4.29. The summed E-state index contributed by atoms with van der Waals surface area (Å²) in [5, 5.41) is 0. The van der Waals surface area contributed by atoms with Crippen LogP contribution < -0.4 is 0 Å². The van der Waals surface area contributed by atoms with E-state index in [0.717, 1.165) is 30.7 Å². The Morgan fingerprint density at radius 2 is 1.41 bits per heavy atom. The minimum absolute atomic E-state index is 0.116. The lowest BCUT2D eigenvalue weighted by Gasteiger charge is -2.28. The first-order chi connectivity index (χ1) is 7.89. The predicted octanol–water partition coefficient (Wildman–Crippen LogP) is 4.24. The molecule has 1 rings (SSSR count). The molecule has 0 fully saturated rings. The van der Waals surface area contributed by atoms with E-state index < -0.39 is 0 Å². The lowest BCUT2D eigenvalue weighted by molar-refractivity contribution is 0.413. The van der Waals surface area contributed by atoms with Gasteiger partial charge < -0.3 is 0 Å². The molecule has 0 saturated carbocycles. The van der Waals surface area contributed by atoms with Crippen LogP contribution in [0.5, 0.6) is 0 Å². The fourth-order valence-electron chi connectivity index (χ4n) is 1.78. The first-order valence-corrected chi connectivity index (χ1v) is 6.72. The van der Waals surface area contributed by atoms with Crippen LogP contribution in [-0.4, -0.2) is 9.97 Å². The van der Waals surface area contributed by atoms with Crippen LogP contribution in [-0.2, 0) is 10.8 Å². The van der Waals surface area contributed by atoms with Gasteiger partial charge in [-0.15, -0.1) is 0 Å². The average Bonchev–Trinajstić information content (AvgIpc) is 2.38. The topological polar surface area (TPSA) is 25.8 Å². The molecule has 0 aliphatic heterocycles. The van der Waals surface area contributed by atoms with E-state index in [1.165, 1.54) is 0 Å². The van der Waals surface area contributed by atoms with E-state index in [4.69, 9.17) is 4.98 Å². The van der Waals surface area contributed by atoms with Crippen LogP contribution >= 0.6 is 0 Å². The van der Waals surface area contributed by atoms with Crippen molar-refractivity contribution in [2.75, 3.05) is 0 Å². The van der Waals surface area contributed by atoms with Crippen LogP contribution in [0.25, 0.3) is 0 Å². The first kappa shape index (κ1) is 14.1. The van der Waals surface area contributed by atoms with Crippen molar-refractivity contribution in [3.05, 3.63) is 23.8 Å². The van der Waals surface area contributed by atoms with Gasteiger partial charge in [-0.2, -0.15) is 0 Å². The third kappa shape index (κ3) is 2.85. The highest BCUT2D eigenvalue weighted by molar-refractivity contribution is 5.18. The quantitative estimate of drug-likeness (QED) is 0.761. The van der Waals surface area contributed by atoms with E-state index in [0.29, 0.717) is 0 Å². The molecule has 0 aliphatic carbocycles. The van der Waals surface area contributed by atoms with Gasteiger partial charge in [-0.1, -0.05) is 41.5 Å². The molecule has 0 saturated heterocycles. The molecule has 0 amide bonds. The summed E-state index contributed by atoms with van der Waals surface area (Å²) in [6, 6.07) is 0. The fraction of sp³-hybridized carbons (Fsp3) is 0.733. The first-order valence-electron chi connectivity index (χ1n) is 6.72. The van der Waals surface area contributed by atoms with Gasteiger partial charge >= 0.3 is 0 Å². The Balaban J connectivity index is 3.18. The maximum absolute atomic E-state index is 4.87. The van der Waals surface area contributed by atoms with Gasteiger partial charge in [-0.3, -0.25) is 9.97 Å². The van der Waals surface area contributed by atoms with Gasteiger partial charge in [-0.05, 0) is 19.3 Å². The molecule has 0 aromatic carbocycles. The maximum Gasteiger partial charge on any atom is 0.0648 e.